The van der Waals surface area contributed by atoms with Crippen molar-refractivity contribution in [2.24, 2.45) is 0 Å². The van der Waals surface area contributed by atoms with E-state index in [4.69, 9.17) is 4.74 Å². The molecule has 0 atom stereocenters. The Kier molecular flexibility index (Phi) is 3.71. The Hall–Kier alpha value is -2.50. The van der Waals surface area contributed by atoms with Crippen molar-refractivity contribution in [2.75, 3.05) is 26.7 Å². The predicted molar refractivity (Wildman–Crippen MR) is 93.5 cm³/mol. The highest BCUT2D eigenvalue weighted by atomic mass is 16.6. The zero-order chi connectivity index (χ0) is 17.6. The van der Waals surface area contributed by atoms with Gasteiger partial charge in [-0.2, -0.15) is 0 Å². The molecule has 1 aromatic rings. The minimum atomic E-state index is -0.344. The second-order valence-corrected chi connectivity index (χ2v) is 6.84. The van der Waals surface area contributed by atoms with Gasteiger partial charge in [0.1, 0.15) is 0 Å². The lowest BCUT2D eigenvalue weighted by Crippen LogP contribution is -2.56. The molecule has 6 heteroatoms. The first kappa shape index (κ1) is 16.0. The molecule has 1 aromatic carbocycles. The third kappa shape index (κ3) is 2.23. The lowest BCUT2D eigenvalue weighted by atomic mass is 9.81. The van der Waals surface area contributed by atoms with Crippen LogP contribution in [0.25, 0.3) is 5.57 Å². The Morgan fingerprint density at radius 1 is 1.28 bits per heavy atom. The van der Waals surface area contributed by atoms with Gasteiger partial charge in [-0.1, -0.05) is 24.3 Å². The molecule has 0 radical (unpaired) electrons. The van der Waals surface area contributed by atoms with Crippen LogP contribution in [0.3, 0.4) is 0 Å². The highest BCUT2D eigenvalue weighted by Gasteiger charge is 2.53. The first-order valence-corrected chi connectivity index (χ1v) is 8.85. The molecule has 132 valence electrons. The van der Waals surface area contributed by atoms with Gasteiger partial charge in [0.2, 0.25) is 0 Å². The molecule has 0 unspecified atom stereocenters. The molecule has 0 aromatic heterocycles. The van der Waals surface area contributed by atoms with E-state index in [1.165, 1.54) is 0 Å². The van der Waals surface area contributed by atoms with E-state index in [0.717, 1.165) is 41.8 Å². The second-order valence-electron chi connectivity index (χ2n) is 6.84. The van der Waals surface area contributed by atoms with Gasteiger partial charge in [-0.15, -0.1) is 0 Å². The predicted octanol–water partition coefficient (Wildman–Crippen LogP) is 1.96. The molecule has 0 saturated carbocycles. The zero-order valence-corrected chi connectivity index (χ0v) is 14.7. The summed E-state index contributed by atoms with van der Waals surface area (Å²) in [7, 11) is 1.88. The van der Waals surface area contributed by atoms with Crippen molar-refractivity contribution in [3.63, 3.8) is 0 Å². The van der Waals surface area contributed by atoms with Gasteiger partial charge in [-0.3, -0.25) is 4.79 Å². The second kappa shape index (κ2) is 5.79. The Morgan fingerprint density at radius 3 is 2.72 bits per heavy atom. The largest absolute Gasteiger partial charge is 0.450 e. The number of fused-ring (bicyclic) bond motifs is 3. The van der Waals surface area contributed by atoms with Crippen LogP contribution >= 0.6 is 0 Å². The van der Waals surface area contributed by atoms with Gasteiger partial charge in [0.15, 0.2) is 0 Å². The smallest absolute Gasteiger partial charge is 0.409 e. The van der Waals surface area contributed by atoms with E-state index >= 15 is 0 Å². The maximum Gasteiger partial charge on any atom is 0.409 e. The summed E-state index contributed by atoms with van der Waals surface area (Å²) < 4.78 is 5.11. The molecule has 1 fully saturated rings. The standard InChI is InChI=1S/C19H23N3O3/c1-3-25-18(24)22-10-8-19(9-11-22)16-15(17(23)21(19)2)14-7-5-4-6-13(14)12-20-16/h4-7,20H,3,8-12H2,1-2H3. The van der Waals surface area contributed by atoms with Crippen LogP contribution in [0.4, 0.5) is 4.79 Å². The van der Waals surface area contributed by atoms with Crippen molar-refractivity contribution >= 4 is 17.6 Å². The van der Waals surface area contributed by atoms with Gasteiger partial charge in [0, 0.05) is 26.7 Å². The van der Waals surface area contributed by atoms with E-state index in [2.05, 4.69) is 11.4 Å². The molecule has 1 saturated heterocycles. The van der Waals surface area contributed by atoms with E-state index < -0.39 is 0 Å². The highest BCUT2D eigenvalue weighted by Crippen LogP contribution is 2.46. The Balaban J connectivity index is 1.67. The van der Waals surface area contributed by atoms with Gasteiger partial charge < -0.3 is 19.9 Å². The van der Waals surface area contributed by atoms with Crippen molar-refractivity contribution in [3.05, 3.63) is 41.1 Å². The van der Waals surface area contributed by atoms with E-state index in [1.54, 1.807) is 4.90 Å². The van der Waals surface area contributed by atoms with Crippen LogP contribution < -0.4 is 5.32 Å². The number of hydrogen-bond donors (Lipinski definition) is 1. The highest BCUT2D eigenvalue weighted by molar-refractivity contribution is 6.24. The lowest BCUT2D eigenvalue weighted by Gasteiger charge is -2.45. The summed E-state index contributed by atoms with van der Waals surface area (Å²) in [5.74, 6) is 0.0687. The summed E-state index contributed by atoms with van der Waals surface area (Å²) in [5, 5.41) is 3.51. The summed E-state index contributed by atoms with van der Waals surface area (Å²) in [6, 6.07) is 8.08. The minimum Gasteiger partial charge on any atom is -0.450 e. The fraction of sp³-hybridized carbons (Fsp3) is 0.474. The van der Waals surface area contributed by atoms with Crippen LogP contribution in [0.1, 0.15) is 30.9 Å². The molecule has 6 nitrogen and oxygen atoms in total. The van der Waals surface area contributed by atoms with Crippen molar-refractivity contribution in [1.82, 2.24) is 15.1 Å². The minimum absolute atomic E-state index is 0.0687. The molecule has 0 aliphatic carbocycles. The average Bonchev–Trinajstić information content (AvgIpc) is 2.85. The number of rotatable bonds is 1. The number of amides is 2. The number of carbonyl (C=O) groups excluding carboxylic acids is 2. The number of hydrogen-bond acceptors (Lipinski definition) is 4. The SMILES string of the molecule is CCOC(=O)N1CCC2(CC1)C1=C(C(=O)N2C)c2ccccc2CN1. The van der Waals surface area contributed by atoms with Crippen LogP contribution in [0.5, 0.6) is 0 Å². The van der Waals surface area contributed by atoms with Crippen LogP contribution in [-0.2, 0) is 16.1 Å². The number of likely N-dealkylation sites (tertiary alicyclic amines) is 1. The van der Waals surface area contributed by atoms with E-state index in [-0.39, 0.29) is 17.5 Å². The van der Waals surface area contributed by atoms with Crippen molar-refractivity contribution in [1.29, 1.82) is 0 Å². The Morgan fingerprint density at radius 2 is 2.00 bits per heavy atom. The van der Waals surface area contributed by atoms with E-state index in [1.807, 2.05) is 37.1 Å². The molecule has 3 aliphatic heterocycles. The first-order chi connectivity index (χ1) is 12.1. The fourth-order valence-corrected chi connectivity index (χ4v) is 4.33. The van der Waals surface area contributed by atoms with Crippen LogP contribution in [0.2, 0.25) is 0 Å². The quantitative estimate of drug-likeness (QED) is 0.848. The van der Waals surface area contributed by atoms with E-state index in [0.29, 0.717) is 19.7 Å². The molecular formula is C19H23N3O3. The topological polar surface area (TPSA) is 61.9 Å². The summed E-state index contributed by atoms with van der Waals surface area (Å²) in [6.45, 7) is 4.12. The monoisotopic (exact) mass is 341 g/mol. The van der Waals surface area contributed by atoms with Crippen LogP contribution in [-0.4, -0.2) is 54.1 Å². The molecule has 3 heterocycles. The summed E-state index contributed by atoms with van der Waals surface area (Å²) in [5.41, 5.74) is 3.68. The summed E-state index contributed by atoms with van der Waals surface area (Å²) in [4.78, 5) is 28.6. The fourth-order valence-electron chi connectivity index (χ4n) is 4.33. The number of ether oxygens (including phenoxy) is 1. The number of nitrogens with zero attached hydrogens (tertiary/aromatic N) is 2. The number of piperidine rings is 1. The molecule has 2 amide bonds. The number of carbonyl (C=O) groups is 2. The van der Waals surface area contributed by atoms with Crippen LogP contribution in [0.15, 0.2) is 30.0 Å². The molecule has 25 heavy (non-hydrogen) atoms. The Bertz CT molecular complexity index is 763. The average molecular weight is 341 g/mol. The summed E-state index contributed by atoms with van der Waals surface area (Å²) >= 11 is 0. The number of nitrogens with one attached hydrogen (secondary N) is 1. The van der Waals surface area contributed by atoms with Gasteiger partial charge in [-0.05, 0) is 30.9 Å². The number of benzene rings is 1. The third-order valence-corrected chi connectivity index (χ3v) is 5.73. The molecular weight excluding hydrogens is 318 g/mol. The molecule has 1 spiro atoms. The zero-order valence-electron chi connectivity index (χ0n) is 14.7. The lowest BCUT2D eigenvalue weighted by molar-refractivity contribution is -0.127. The van der Waals surface area contributed by atoms with Gasteiger partial charge in [-0.25, -0.2) is 4.79 Å². The van der Waals surface area contributed by atoms with Gasteiger partial charge in [0.05, 0.1) is 23.4 Å². The molecule has 4 rings (SSSR count). The maximum absolute atomic E-state index is 13.0. The van der Waals surface area contributed by atoms with E-state index in [9.17, 15) is 9.59 Å². The molecule has 1 N–H and O–H groups in total. The van der Waals surface area contributed by atoms with Crippen LogP contribution in [0, 0.1) is 0 Å². The number of likely N-dealkylation sites (N-methyl/N-ethyl adjacent to an activating group) is 1. The first-order valence-electron chi connectivity index (χ1n) is 8.85. The van der Waals surface area contributed by atoms with Crippen molar-refractivity contribution in [3.8, 4) is 0 Å². The third-order valence-electron chi connectivity index (χ3n) is 5.73. The van der Waals surface area contributed by atoms with Crippen molar-refractivity contribution in [2.45, 2.75) is 31.8 Å². The van der Waals surface area contributed by atoms with Gasteiger partial charge >= 0.3 is 6.09 Å². The molecule has 3 aliphatic rings. The normalized spacial score (nSPS) is 21.1. The maximum atomic E-state index is 13.0. The molecule has 0 bridgehead atoms. The Labute approximate surface area is 147 Å². The van der Waals surface area contributed by atoms with Gasteiger partial charge in [0.25, 0.3) is 5.91 Å². The van der Waals surface area contributed by atoms with Crippen molar-refractivity contribution < 1.29 is 14.3 Å². The summed E-state index contributed by atoms with van der Waals surface area (Å²) in [6.07, 6.45) is 1.19.